The van der Waals surface area contributed by atoms with Crippen molar-refractivity contribution in [3.8, 4) is 5.75 Å². The van der Waals surface area contributed by atoms with E-state index in [1.807, 2.05) is 25.1 Å². The summed E-state index contributed by atoms with van der Waals surface area (Å²) in [5, 5.41) is 18.7. The first-order chi connectivity index (χ1) is 27.6. The number of aryl methyl sites for hydroxylation is 1. The van der Waals surface area contributed by atoms with Crippen molar-refractivity contribution in [1.29, 1.82) is 0 Å². The number of likely N-dealkylation sites (tertiary alicyclic amines) is 1. The Labute approximate surface area is 345 Å². The van der Waals surface area contributed by atoms with Gasteiger partial charge in [0.15, 0.2) is 5.11 Å². The molecule has 58 heavy (non-hydrogen) atoms. The molecule has 2 unspecified atom stereocenters. The van der Waals surface area contributed by atoms with Crippen molar-refractivity contribution in [1.82, 2.24) is 10.2 Å². The summed E-state index contributed by atoms with van der Waals surface area (Å²) in [6.07, 6.45) is 0.535. The van der Waals surface area contributed by atoms with Gasteiger partial charge in [-0.05, 0) is 149 Å². The summed E-state index contributed by atoms with van der Waals surface area (Å²) in [7, 11) is 0. The normalized spacial score (nSPS) is 21.2. The number of hydrogen-bond donors (Lipinski definition) is 5. The molecule has 6 N–H and O–H groups in total. The molecule has 3 aromatic rings. The number of alkyl halides is 3. The number of nitrogen functional groups attached to an aromatic ring is 1. The van der Waals surface area contributed by atoms with E-state index in [-0.39, 0.29) is 35.1 Å². The lowest BCUT2D eigenvalue weighted by Crippen LogP contribution is -2.55. The first-order valence-corrected chi connectivity index (χ1v) is 20.4. The minimum absolute atomic E-state index is 0.0336. The largest absolute Gasteiger partial charge is 0.493 e. The van der Waals surface area contributed by atoms with Gasteiger partial charge in [-0.25, -0.2) is 0 Å². The summed E-state index contributed by atoms with van der Waals surface area (Å²) in [5.74, 6) is 0.341. The molecule has 3 saturated heterocycles. The number of piperidine rings is 2. The first-order valence-electron chi connectivity index (χ1n) is 19.6. The molecule has 3 aromatic carbocycles. The summed E-state index contributed by atoms with van der Waals surface area (Å²) in [5.41, 5.74) is 6.00. The Hall–Kier alpha value is -4.64. The van der Waals surface area contributed by atoms with Crippen molar-refractivity contribution in [3.05, 3.63) is 70.7 Å². The van der Waals surface area contributed by atoms with Crippen molar-refractivity contribution in [2.45, 2.75) is 88.7 Å². The van der Waals surface area contributed by atoms with Gasteiger partial charge in [0.1, 0.15) is 23.6 Å². The van der Waals surface area contributed by atoms with Gasteiger partial charge in [0.2, 0.25) is 11.8 Å². The zero-order chi connectivity index (χ0) is 41.4. The van der Waals surface area contributed by atoms with E-state index in [2.05, 4.69) is 20.9 Å². The lowest BCUT2D eigenvalue weighted by molar-refractivity contribution is -0.137. The first kappa shape index (κ1) is 41.5. The molecule has 3 aliphatic heterocycles. The molecule has 1 spiro atoms. The highest BCUT2D eigenvalue weighted by Crippen LogP contribution is 2.49. The molecule has 4 aliphatic rings. The van der Waals surface area contributed by atoms with Gasteiger partial charge < -0.3 is 36.4 Å². The average molecular weight is 842 g/mol. The van der Waals surface area contributed by atoms with E-state index in [1.54, 1.807) is 23.1 Å². The Bertz CT molecular complexity index is 2080. The van der Waals surface area contributed by atoms with Crippen LogP contribution in [0, 0.1) is 5.92 Å². The fraction of sp³-hybridized carbons (Fsp3) is 0.463. The van der Waals surface area contributed by atoms with E-state index in [4.69, 9.17) is 34.3 Å². The summed E-state index contributed by atoms with van der Waals surface area (Å²) >= 11 is 12.1. The van der Waals surface area contributed by atoms with Crippen LogP contribution >= 0.6 is 23.8 Å². The van der Waals surface area contributed by atoms with Crippen LogP contribution in [-0.2, 0) is 27.0 Å². The van der Waals surface area contributed by atoms with Crippen LogP contribution in [0.3, 0.4) is 0 Å². The van der Waals surface area contributed by atoms with Gasteiger partial charge in [0, 0.05) is 27.8 Å². The number of nitrogens with zero attached hydrogens (tertiary/aromatic N) is 3. The van der Waals surface area contributed by atoms with Crippen molar-refractivity contribution < 1.29 is 37.4 Å². The smallest absolute Gasteiger partial charge is 0.418 e. The standard InChI is InChI=1S/C41H47ClF3N7O5S/c1-2-25-18-30(52-39(58)51(38(56)40(52)13-3-14-40)29-4-6-32(46)31(22-29)41(43,44)45)5-8-34(25)57-17-12-24-10-15-50(16-11-24)23-36(54)48-28-20-26(42)19-27(21-28)47-33-7-9-35(53)49-37(33)55/h4-6,8,18-22,24,33,35,47,53H,2-3,7,9-17,23,46H2,1H3,(H,48,54)(H,49,55). The maximum absolute atomic E-state index is 13.9. The molecular formula is C41H47ClF3N7O5S. The van der Waals surface area contributed by atoms with Gasteiger partial charge in [-0.15, -0.1) is 0 Å². The fourth-order valence-corrected chi connectivity index (χ4v) is 9.01. The molecule has 2 atom stereocenters. The van der Waals surface area contributed by atoms with Crippen LogP contribution in [0.2, 0.25) is 5.02 Å². The second-order valence-electron chi connectivity index (χ2n) is 15.5. The second-order valence-corrected chi connectivity index (χ2v) is 16.3. The molecule has 310 valence electrons. The van der Waals surface area contributed by atoms with Gasteiger partial charge in [0.05, 0.1) is 24.4 Å². The summed E-state index contributed by atoms with van der Waals surface area (Å²) in [4.78, 5) is 44.3. The Kier molecular flexibility index (Phi) is 12.1. The third-order valence-corrected chi connectivity index (χ3v) is 12.2. The fourth-order valence-electron chi connectivity index (χ4n) is 8.31. The highest BCUT2D eigenvalue weighted by Gasteiger charge is 2.59. The molecule has 12 nitrogen and oxygen atoms in total. The third kappa shape index (κ3) is 8.70. The number of hydrogen-bond acceptors (Lipinski definition) is 9. The summed E-state index contributed by atoms with van der Waals surface area (Å²) < 4.78 is 47.5. The number of aliphatic hydroxyl groups is 1. The van der Waals surface area contributed by atoms with E-state index in [1.165, 1.54) is 11.0 Å². The quantitative estimate of drug-likeness (QED) is 0.0986. The van der Waals surface area contributed by atoms with Crippen LogP contribution in [0.25, 0.3) is 0 Å². The average Bonchev–Trinajstić information content (AvgIpc) is 3.39. The van der Waals surface area contributed by atoms with Crippen LogP contribution in [0.1, 0.15) is 69.4 Å². The van der Waals surface area contributed by atoms with Gasteiger partial charge in [-0.2, -0.15) is 13.2 Å². The van der Waals surface area contributed by atoms with Crippen molar-refractivity contribution in [2.24, 2.45) is 5.92 Å². The minimum atomic E-state index is -4.69. The molecule has 7 rings (SSSR count). The third-order valence-electron chi connectivity index (χ3n) is 11.6. The molecule has 1 aliphatic carbocycles. The summed E-state index contributed by atoms with van der Waals surface area (Å²) in [6.45, 7) is 4.27. The molecule has 3 amide bonds. The lowest BCUT2D eigenvalue weighted by Gasteiger charge is -2.43. The molecule has 1 saturated carbocycles. The zero-order valence-electron chi connectivity index (χ0n) is 32.0. The Balaban J connectivity index is 0.907. The SMILES string of the molecule is CCc1cc(N2C(=S)N(c3ccc(N)c(C(F)(F)F)c3)C(=O)C23CCC3)ccc1OCCC1CCN(CC(=O)Nc2cc(Cl)cc(NC3CCC(O)NC3=O)c2)CC1. The van der Waals surface area contributed by atoms with Crippen molar-refractivity contribution >= 4 is 75.1 Å². The van der Waals surface area contributed by atoms with Crippen molar-refractivity contribution in [3.63, 3.8) is 0 Å². The topological polar surface area (TPSA) is 152 Å². The maximum atomic E-state index is 13.9. The molecule has 17 heteroatoms. The van der Waals surface area contributed by atoms with E-state index in [0.717, 1.165) is 62.2 Å². The number of halogens is 4. The monoisotopic (exact) mass is 841 g/mol. The number of nitrogens with one attached hydrogen (secondary N) is 3. The molecule has 0 aromatic heterocycles. The lowest BCUT2D eigenvalue weighted by atomic mass is 9.75. The number of nitrogens with two attached hydrogens (primary N) is 1. The highest BCUT2D eigenvalue weighted by molar-refractivity contribution is 7.81. The maximum Gasteiger partial charge on any atom is 0.418 e. The van der Waals surface area contributed by atoms with Gasteiger partial charge in [-0.3, -0.25) is 24.2 Å². The molecule has 3 heterocycles. The van der Waals surface area contributed by atoms with Crippen molar-refractivity contribution in [2.75, 3.05) is 52.4 Å². The van der Waals surface area contributed by atoms with Crippen LogP contribution in [0.15, 0.2) is 54.6 Å². The van der Waals surface area contributed by atoms with Gasteiger partial charge >= 0.3 is 6.18 Å². The van der Waals surface area contributed by atoms with Crippen LogP contribution in [0.4, 0.5) is 41.6 Å². The Morgan fingerprint density at radius 1 is 1.03 bits per heavy atom. The number of rotatable bonds is 12. The van der Waals surface area contributed by atoms with Gasteiger partial charge in [-0.1, -0.05) is 18.5 Å². The van der Waals surface area contributed by atoms with Crippen LogP contribution in [0.5, 0.6) is 5.75 Å². The van der Waals surface area contributed by atoms with Gasteiger partial charge in [0.25, 0.3) is 5.91 Å². The predicted molar refractivity (Wildman–Crippen MR) is 221 cm³/mol. The van der Waals surface area contributed by atoms with Crippen LogP contribution in [-0.4, -0.2) is 76.9 Å². The minimum Gasteiger partial charge on any atom is -0.493 e. The number of carbonyl (C=O) groups is 3. The molecule has 0 radical (unpaired) electrons. The Morgan fingerprint density at radius 3 is 2.43 bits per heavy atom. The Morgan fingerprint density at radius 2 is 1.76 bits per heavy atom. The number of anilines is 5. The molecule has 4 fully saturated rings. The number of aliphatic hydroxyl groups excluding tert-OH is 1. The van der Waals surface area contributed by atoms with E-state index < -0.39 is 35.2 Å². The number of amides is 3. The van der Waals surface area contributed by atoms with Crippen LogP contribution < -0.4 is 36.2 Å². The van der Waals surface area contributed by atoms with E-state index in [0.29, 0.717) is 66.7 Å². The number of thiocarbonyl (C=S) groups is 1. The van der Waals surface area contributed by atoms with E-state index >= 15 is 0 Å². The number of benzene rings is 3. The number of ether oxygens (including phenoxy) is 1. The molecule has 0 bridgehead atoms. The molecular weight excluding hydrogens is 795 g/mol. The van der Waals surface area contributed by atoms with E-state index in [9.17, 15) is 32.7 Å². The highest BCUT2D eigenvalue weighted by atomic mass is 35.5. The second kappa shape index (κ2) is 16.9. The summed E-state index contributed by atoms with van der Waals surface area (Å²) in [6, 6.07) is 13.7. The zero-order valence-corrected chi connectivity index (χ0v) is 33.6. The predicted octanol–water partition coefficient (Wildman–Crippen LogP) is 6.69. The number of carbonyl (C=O) groups excluding carboxylic acids is 3.